The number of ether oxygens (including phenoxy) is 1. The third-order valence-corrected chi connectivity index (χ3v) is 3.41. The Morgan fingerprint density at radius 2 is 2.20 bits per heavy atom. The SMILES string of the molecule is CCOCC(=O)CN=C1C(=O)C2CC2C1=C(N)C(F)F. The van der Waals surface area contributed by atoms with Crippen LogP contribution in [-0.2, 0) is 14.3 Å². The van der Waals surface area contributed by atoms with Gasteiger partial charge < -0.3 is 10.5 Å². The second-order valence-corrected chi connectivity index (χ2v) is 4.82. The van der Waals surface area contributed by atoms with Crippen molar-refractivity contribution in [1.82, 2.24) is 0 Å². The van der Waals surface area contributed by atoms with Crippen LogP contribution in [0.25, 0.3) is 0 Å². The average Bonchev–Trinajstić information content (AvgIpc) is 3.14. The first-order valence-corrected chi connectivity index (χ1v) is 6.43. The van der Waals surface area contributed by atoms with Crippen LogP contribution in [0.5, 0.6) is 0 Å². The van der Waals surface area contributed by atoms with E-state index in [-0.39, 0.29) is 47.8 Å². The van der Waals surface area contributed by atoms with Crippen LogP contribution >= 0.6 is 0 Å². The van der Waals surface area contributed by atoms with Crippen molar-refractivity contribution >= 4 is 17.3 Å². The first-order valence-electron chi connectivity index (χ1n) is 6.43. The summed E-state index contributed by atoms with van der Waals surface area (Å²) >= 11 is 0. The largest absolute Gasteiger partial charge is 0.397 e. The molecule has 0 bridgehead atoms. The third kappa shape index (κ3) is 2.77. The number of allylic oxidation sites excluding steroid dienone is 2. The molecule has 2 aliphatic rings. The lowest BCUT2D eigenvalue weighted by atomic mass is 10.1. The number of fused-ring (bicyclic) bond motifs is 1. The van der Waals surface area contributed by atoms with Crippen molar-refractivity contribution in [2.24, 2.45) is 22.6 Å². The van der Waals surface area contributed by atoms with Gasteiger partial charge in [-0.1, -0.05) is 0 Å². The molecule has 20 heavy (non-hydrogen) atoms. The van der Waals surface area contributed by atoms with Crippen LogP contribution in [0.2, 0.25) is 0 Å². The molecule has 0 aromatic rings. The molecule has 0 amide bonds. The summed E-state index contributed by atoms with van der Waals surface area (Å²) in [7, 11) is 0. The number of alkyl halides is 2. The molecule has 2 saturated carbocycles. The van der Waals surface area contributed by atoms with E-state index in [9.17, 15) is 18.4 Å². The molecule has 0 radical (unpaired) electrons. The molecule has 2 fully saturated rings. The molecule has 7 heteroatoms. The van der Waals surface area contributed by atoms with Gasteiger partial charge in [-0.2, -0.15) is 0 Å². The minimum atomic E-state index is -2.82. The van der Waals surface area contributed by atoms with E-state index in [2.05, 4.69) is 4.99 Å². The lowest BCUT2D eigenvalue weighted by Gasteiger charge is -2.08. The topological polar surface area (TPSA) is 81.8 Å². The smallest absolute Gasteiger partial charge is 0.278 e. The summed E-state index contributed by atoms with van der Waals surface area (Å²) in [6, 6.07) is 0. The van der Waals surface area contributed by atoms with Gasteiger partial charge in [0.25, 0.3) is 6.43 Å². The fourth-order valence-electron chi connectivity index (χ4n) is 2.35. The number of carbonyl (C=O) groups is 2. The summed E-state index contributed by atoms with van der Waals surface area (Å²) in [5, 5.41) is 0. The maximum atomic E-state index is 12.7. The first kappa shape index (κ1) is 14.8. The summed E-state index contributed by atoms with van der Waals surface area (Å²) in [6.45, 7) is 1.80. The van der Waals surface area contributed by atoms with E-state index in [1.165, 1.54) is 0 Å². The number of Topliss-reactive ketones (excluding diaryl/α,β-unsaturated/α-hetero) is 2. The molecule has 0 spiro atoms. The van der Waals surface area contributed by atoms with Crippen LogP contribution in [0.3, 0.4) is 0 Å². The zero-order valence-corrected chi connectivity index (χ0v) is 11.1. The van der Waals surface area contributed by atoms with E-state index in [0.717, 1.165) is 0 Å². The van der Waals surface area contributed by atoms with E-state index < -0.39 is 12.1 Å². The Bertz CT molecular complexity index is 500. The van der Waals surface area contributed by atoms with Crippen LogP contribution in [0.4, 0.5) is 8.78 Å². The molecule has 2 atom stereocenters. The molecule has 0 aromatic carbocycles. The van der Waals surface area contributed by atoms with E-state index in [1.807, 2.05) is 0 Å². The lowest BCUT2D eigenvalue weighted by Crippen LogP contribution is -2.21. The monoisotopic (exact) mass is 286 g/mol. The number of nitrogens with two attached hydrogens (primary N) is 1. The Kier molecular flexibility index (Phi) is 4.27. The summed E-state index contributed by atoms with van der Waals surface area (Å²) in [6.07, 6.45) is -2.27. The molecule has 2 N–H and O–H groups in total. The molecule has 2 rings (SSSR count). The van der Waals surface area contributed by atoms with Crippen LogP contribution in [0.15, 0.2) is 16.3 Å². The van der Waals surface area contributed by atoms with Gasteiger partial charge in [0.15, 0.2) is 11.6 Å². The van der Waals surface area contributed by atoms with Gasteiger partial charge in [-0.05, 0) is 19.3 Å². The maximum Gasteiger partial charge on any atom is 0.278 e. The zero-order valence-electron chi connectivity index (χ0n) is 11.1. The molecule has 2 aliphatic carbocycles. The Morgan fingerprint density at radius 3 is 2.80 bits per heavy atom. The molecule has 5 nitrogen and oxygen atoms in total. The normalized spacial score (nSPS) is 29.0. The predicted octanol–water partition coefficient (Wildman–Crippen LogP) is 0.730. The van der Waals surface area contributed by atoms with Crippen molar-refractivity contribution < 1.29 is 23.1 Å². The predicted molar refractivity (Wildman–Crippen MR) is 67.6 cm³/mol. The van der Waals surface area contributed by atoms with Gasteiger partial charge in [0.05, 0.1) is 5.70 Å². The molecule has 2 unspecified atom stereocenters. The number of halogens is 2. The highest BCUT2D eigenvalue weighted by molar-refractivity contribution is 6.51. The minimum Gasteiger partial charge on any atom is -0.397 e. The molecule has 0 aliphatic heterocycles. The lowest BCUT2D eigenvalue weighted by molar-refractivity contribution is -0.121. The van der Waals surface area contributed by atoms with Crippen molar-refractivity contribution in [3.63, 3.8) is 0 Å². The van der Waals surface area contributed by atoms with Crippen LogP contribution in [-0.4, -0.2) is 43.5 Å². The summed E-state index contributed by atoms with van der Waals surface area (Å²) in [5.74, 6) is -1.10. The van der Waals surface area contributed by atoms with Crippen LogP contribution < -0.4 is 5.73 Å². The van der Waals surface area contributed by atoms with Crippen molar-refractivity contribution in [3.8, 4) is 0 Å². The van der Waals surface area contributed by atoms with Crippen LogP contribution in [0, 0.1) is 11.8 Å². The maximum absolute atomic E-state index is 12.7. The average molecular weight is 286 g/mol. The number of carbonyl (C=O) groups excluding carboxylic acids is 2. The second-order valence-electron chi connectivity index (χ2n) is 4.82. The molecular formula is C13H16F2N2O3. The Balaban J connectivity index is 2.14. The minimum absolute atomic E-state index is 0.0473. The Hall–Kier alpha value is -1.63. The molecule has 110 valence electrons. The second kappa shape index (κ2) is 5.78. The quantitative estimate of drug-likeness (QED) is 0.780. The van der Waals surface area contributed by atoms with E-state index in [0.29, 0.717) is 13.0 Å². The fraction of sp³-hybridized carbons (Fsp3) is 0.615. The number of nitrogens with zero attached hydrogens (tertiary/aromatic N) is 1. The van der Waals surface area contributed by atoms with Gasteiger partial charge in [0.1, 0.15) is 18.9 Å². The van der Waals surface area contributed by atoms with Gasteiger partial charge in [0, 0.05) is 18.1 Å². The Labute approximate surface area is 114 Å². The van der Waals surface area contributed by atoms with Crippen molar-refractivity contribution in [3.05, 3.63) is 11.3 Å². The number of hydrogen-bond acceptors (Lipinski definition) is 5. The van der Waals surface area contributed by atoms with E-state index in [4.69, 9.17) is 10.5 Å². The molecule has 0 heterocycles. The molecular weight excluding hydrogens is 270 g/mol. The van der Waals surface area contributed by atoms with Crippen molar-refractivity contribution in [2.45, 2.75) is 19.8 Å². The first-order chi connectivity index (χ1) is 9.47. The molecule has 0 aromatic heterocycles. The van der Waals surface area contributed by atoms with E-state index >= 15 is 0 Å². The van der Waals surface area contributed by atoms with Gasteiger partial charge in [-0.15, -0.1) is 0 Å². The number of ketones is 2. The third-order valence-electron chi connectivity index (χ3n) is 3.41. The summed E-state index contributed by atoms with van der Waals surface area (Å²) in [5.41, 5.74) is 4.86. The van der Waals surface area contributed by atoms with E-state index in [1.54, 1.807) is 6.92 Å². The van der Waals surface area contributed by atoms with Gasteiger partial charge in [-0.25, -0.2) is 8.78 Å². The standard InChI is InChI=1S/C13H16F2N2O3/c1-2-20-5-6(18)4-17-11-9(10(16)13(14)15)7-3-8(7)12(11)19/h7-8,13H,2-5,16H2,1H3. The van der Waals surface area contributed by atoms with Crippen LogP contribution in [0.1, 0.15) is 13.3 Å². The summed E-state index contributed by atoms with van der Waals surface area (Å²) in [4.78, 5) is 27.2. The molecule has 0 saturated heterocycles. The van der Waals surface area contributed by atoms with Gasteiger partial charge in [0.2, 0.25) is 0 Å². The number of rotatable bonds is 6. The highest BCUT2D eigenvalue weighted by Crippen LogP contribution is 2.52. The van der Waals surface area contributed by atoms with Crippen molar-refractivity contribution in [2.75, 3.05) is 19.8 Å². The van der Waals surface area contributed by atoms with Gasteiger partial charge in [-0.3, -0.25) is 14.6 Å². The van der Waals surface area contributed by atoms with Gasteiger partial charge >= 0.3 is 0 Å². The fourth-order valence-corrected chi connectivity index (χ4v) is 2.35. The number of aliphatic imine (C=N–C) groups is 1. The number of hydrogen-bond donors (Lipinski definition) is 1. The highest BCUT2D eigenvalue weighted by atomic mass is 19.3. The highest BCUT2D eigenvalue weighted by Gasteiger charge is 2.56. The Morgan fingerprint density at radius 1 is 1.50 bits per heavy atom. The summed E-state index contributed by atoms with van der Waals surface area (Å²) < 4.78 is 30.3. The zero-order chi connectivity index (χ0) is 14.9. The van der Waals surface area contributed by atoms with Crippen molar-refractivity contribution in [1.29, 1.82) is 0 Å².